The van der Waals surface area contributed by atoms with Crippen LogP contribution in [0.1, 0.15) is 39.5 Å². The van der Waals surface area contributed by atoms with E-state index in [9.17, 15) is 4.79 Å². The molecular weight excluding hydrogens is 190 g/mol. The number of carbonyl (C=O) groups is 1. The number of amides is 1. The molecule has 0 bridgehead atoms. The summed E-state index contributed by atoms with van der Waals surface area (Å²) in [6, 6.07) is 1.66. The molecule has 0 rings (SSSR count). The average molecular weight is 211 g/mol. The summed E-state index contributed by atoms with van der Waals surface area (Å²) in [5.41, 5.74) is 5.75. The molecule has 1 amide bonds. The maximum absolute atomic E-state index is 11.5. The quantitative estimate of drug-likeness (QED) is 0.620. The van der Waals surface area contributed by atoms with Gasteiger partial charge in [0, 0.05) is 13.0 Å². The maximum atomic E-state index is 11.5. The molecule has 0 heterocycles. The smallest absolute Gasteiger partial charge is 0.237 e. The first-order valence-corrected chi connectivity index (χ1v) is 5.53. The molecular formula is C11H21N3O. The Bertz CT molecular complexity index is 222. The zero-order valence-electron chi connectivity index (χ0n) is 9.62. The lowest BCUT2D eigenvalue weighted by molar-refractivity contribution is -0.123. The Kier molecular flexibility index (Phi) is 7.65. The van der Waals surface area contributed by atoms with E-state index in [1.165, 1.54) is 0 Å². The van der Waals surface area contributed by atoms with Crippen LogP contribution in [0, 0.1) is 17.2 Å². The van der Waals surface area contributed by atoms with Gasteiger partial charge in [0.15, 0.2) is 0 Å². The third kappa shape index (κ3) is 6.08. The molecule has 0 aliphatic carbocycles. The summed E-state index contributed by atoms with van der Waals surface area (Å²) >= 11 is 0. The van der Waals surface area contributed by atoms with Gasteiger partial charge in [0.25, 0.3) is 0 Å². The zero-order valence-corrected chi connectivity index (χ0v) is 9.62. The lowest BCUT2D eigenvalue weighted by Crippen LogP contribution is -2.44. The van der Waals surface area contributed by atoms with Crippen molar-refractivity contribution in [2.45, 2.75) is 45.6 Å². The van der Waals surface area contributed by atoms with Crippen LogP contribution < -0.4 is 11.1 Å². The molecule has 4 nitrogen and oxygen atoms in total. The van der Waals surface area contributed by atoms with E-state index in [0.29, 0.717) is 13.0 Å². The van der Waals surface area contributed by atoms with Crippen molar-refractivity contribution in [1.82, 2.24) is 5.32 Å². The summed E-state index contributed by atoms with van der Waals surface area (Å²) in [5.74, 6) is 0.130. The summed E-state index contributed by atoms with van der Waals surface area (Å²) in [6.07, 6.45) is 3.12. The molecule has 4 heteroatoms. The van der Waals surface area contributed by atoms with Gasteiger partial charge in [-0.05, 0) is 18.8 Å². The SMILES string of the molecule is CC[C@H](C)[C@H](N)C(=O)NCCCCC#N. The van der Waals surface area contributed by atoms with E-state index in [1.807, 2.05) is 13.8 Å². The molecule has 15 heavy (non-hydrogen) atoms. The van der Waals surface area contributed by atoms with E-state index in [1.54, 1.807) is 0 Å². The molecule has 0 aliphatic rings. The minimum Gasteiger partial charge on any atom is -0.355 e. The first-order valence-electron chi connectivity index (χ1n) is 5.53. The van der Waals surface area contributed by atoms with E-state index >= 15 is 0 Å². The van der Waals surface area contributed by atoms with Gasteiger partial charge in [-0.15, -0.1) is 0 Å². The van der Waals surface area contributed by atoms with E-state index < -0.39 is 6.04 Å². The molecule has 0 saturated heterocycles. The second kappa shape index (κ2) is 8.25. The van der Waals surface area contributed by atoms with Gasteiger partial charge in [-0.2, -0.15) is 5.26 Å². The molecule has 0 aromatic carbocycles. The van der Waals surface area contributed by atoms with Crippen LogP contribution in [0.5, 0.6) is 0 Å². The van der Waals surface area contributed by atoms with Gasteiger partial charge < -0.3 is 11.1 Å². The van der Waals surface area contributed by atoms with Crippen molar-refractivity contribution in [3.05, 3.63) is 0 Å². The Morgan fingerprint density at radius 1 is 1.53 bits per heavy atom. The third-order valence-corrected chi connectivity index (χ3v) is 2.57. The second-order valence-corrected chi connectivity index (χ2v) is 3.82. The molecule has 0 aliphatic heterocycles. The minimum atomic E-state index is -0.411. The largest absolute Gasteiger partial charge is 0.355 e. The number of nitriles is 1. The van der Waals surface area contributed by atoms with Crippen LogP contribution in [0.4, 0.5) is 0 Å². The van der Waals surface area contributed by atoms with E-state index in [-0.39, 0.29) is 11.8 Å². The predicted molar refractivity (Wildman–Crippen MR) is 59.9 cm³/mol. The number of unbranched alkanes of at least 4 members (excludes halogenated alkanes) is 2. The van der Waals surface area contributed by atoms with Crippen molar-refractivity contribution < 1.29 is 4.79 Å². The summed E-state index contributed by atoms with van der Waals surface area (Å²) < 4.78 is 0. The summed E-state index contributed by atoms with van der Waals surface area (Å²) in [6.45, 7) is 4.61. The standard InChI is InChI=1S/C11H21N3O/c1-3-9(2)10(13)11(15)14-8-6-4-5-7-12/h9-10H,3-6,8,13H2,1-2H3,(H,14,15)/t9-,10-/m0/s1. The topological polar surface area (TPSA) is 78.9 Å². The van der Waals surface area contributed by atoms with Crippen molar-refractivity contribution in [2.75, 3.05) is 6.54 Å². The van der Waals surface area contributed by atoms with E-state index in [4.69, 9.17) is 11.0 Å². The number of rotatable bonds is 7. The molecule has 0 fully saturated rings. The van der Waals surface area contributed by atoms with Gasteiger partial charge in [0.1, 0.15) is 0 Å². The van der Waals surface area contributed by atoms with Crippen LogP contribution in [0.15, 0.2) is 0 Å². The van der Waals surface area contributed by atoms with E-state index in [0.717, 1.165) is 19.3 Å². The van der Waals surface area contributed by atoms with Gasteiger partial charge in [-0.25, -0.2) is 0 Å². The van der Waals surface area contributed by atoms with E-state index in [2.05, 4.69) is 11.4 Å². The minimum absolute atomic E-state index is 0.0821. The zero-order chi connectivity index (χ0) is 11.7. The van der Waals surface area contributed by atoms with Crippen molar-refractivity contribution in [3.63, 3.8) is 0 Å². The lowest BCUT2D eigenvalue weighted by atomic mass is 9.99. The maximum Gasteiger partial charge on any atom is 0.237 e. The van der Waals surface area contributed by atoms with Crippen molar-refractivity contribution >= 4 is 5.91 Å². The van der Waals surface area contributed by atoms with Crippen LogP contribution >= 0.6 is 0 Å². The molecule has 0 unspecified atom stereocenters. The van der Waals surface area contributed by atoms with Crippen LogP contribution in [0.2, 0.25) is 0 Å². The number of nitrogens with zero attached hydrogens (tertiary/aromatic N) is 1. The van der Waals surface area contributed by atoms with Crippen LogP contribution in [0.25, 0.3) is 0 Å². The normalized spacial score (nSPS) is 14.0. The fourth-order valence-corrected chi connectivity index (χ4v) is 1.17. The second-order valence-electron chi connectivity index (χ2n) is 3.82. The fourth-order valence-electron chi connectivity index (χ4n) is 1.17. The highest BCUT2D eigenvalue weighted by molar-refractivity contribution is 5.81. The molecule has 2 atom stereocenters. The monoisotopic (exact) mass is 211 g/mol. The van der Waals surface area contributed by atoms with Gasteiger partial charge in [0.05, 0.1) is 12.1 Å². The Labute approximate surface area is 91.8 Å². The highest BCUT2D eigenvalue weighted by Crippen LogP contribution is 2.04. The molecule has 0 aromatic rings. The fraction of sp³-hybridized carbons (Fsp3) is 0.818. The van der Waals surface area contributed by atoms with Crippen LogP contribution in [-0.4, -0.2) is 18.5 Å². The summed E-state index contributed by atoms with van der Waals surface area (Å²) in [4.78, 5) is 11.5. The molecule has 86 valence electrons. The molecule has 3 N–H and O–H groups in total. The van der Waals surface area contributed by atoms with Crippen molar-refractivity contribution in [2.24, 2.45) is 11.7 Å². The Balaban J connectivity index is 3.61. The number of hydrogen-bond donors (Lipinski definition) is 2. The third-order valence-electron chi connectivity index (χ3n) is 2.57. The Morgan fingerprint density at radius 3 is 2.73 bits per heavy atom. The lowest BCUT2D eigenvalue weighted by Gasteiger charge is -2.17. The summed E-state index contributed by atoms with van der Waals surface area (Å²) in [5, 5.41) is 11.1. The van der Waals surface area contributed by atoms with Crippen LogP contribution in [-0.2, 0) is 4.79 Å². The summed E-state index contributed by atoms with van der Waals surface area (Å²) in [7, 11) is 0. The Morgan fingerprint density at radius 2 is 2.20 bits per heavy atom. The highest BCUT2D eigenvalue weighted by Gasteiger charge is 2.18. The van der Waals surface area contributed by atoms with Gasteiger partial charge in [0.2, 0.25) is 5.91 Å². The van der Waals surface area contributed by atoms with Crippen molar-refractivity contribution in [1.29, 1.82) is 5.26 Å². The average Bonchev–Trinajstić information content (AvgIpc) is 2.26. The molecule has 0 radical (unpaired) electrons. The number of hydrogen-bond acceptors (Lipinski definition) is 3. The molecule has 0 aromatic heterocycles. The first kappa shape index (κ1) is 13.9. The van der Waals surface area contributed by atoms with Crippen molar-refractivity contribution in [3.8, 4) is 6.07 Å². The van der Waals surface area contributed by atoms with Gasteiger partial charge >= 0.3 is 0 Å². The first-order chi connectivity index (χ1) is 7.13. The number of nitrogens with one attached hydrogen (secondary N) is 1. The van der Waals surface area contributed by atoms with Crippen LogP contribution in [0.3, 0.4) is 0 Å². The molecule has 0 saturated carbocycles. The molecule has 0 spiro atoms. The number of nitrogens with two attached hydrogens (primary N) is 1. The predicted octanol–water partition coefficient (Wildman–Crippen LogP) is 1.17. The van der Waals surface area contributed by atoms with Gasteiger partial charge in [-0.3, -0.25) is 4.79 Å². The van der Waals surface area contributed by atoms with Gasteiger partial charge in [-0.1, -0.05) is 20.3 Å². The number of carbonyl (C=O) groups excluding carboxylic acids is 1. The highest BCUT2D eigenvalue weighted by atomic mass is 16.2. The Hall–Kier alpha value is -1.08.